The molecule has 0 unspecified atom stereocenters. The quantitative estimate of drug-likeness (QED) is 0.0365. The Morgan fingerprint density at radius 3 is 1.84 bits per heavy atom. The summed E-state index contributed by atoms with van der Waals surface area (Å²) in [5.41, 5.74) is 4.01. The largest absolute Gasteiger partial charge is 0.790 e. The maximum atomic E-state index is 11.5. The molecular weight excluding hydrogens is 866 g/mol. The number of phosphoric acid groups is 4. The van der Waals surface area contributed by atoms with E-state index < -0.39 is 44.3 Å². The van der Waals surface area contributed by atoms with Crippen LogP contribution in [-0.2, 0) is 31.3 Å². The van der Waals surface area contributed by atoms with Gasteiger partial charge < -0.3 is 78.0 Å². The summed E-state index contributed by atoms with van der Waals surface area (Å²) in [7, 11) is -18.0. The zero-order chi connectivity index (χ0) is 46.9. The van der Waals surface area contributed by atoms with Crippen LogP contribution in [0.25, 0.3) is 21.9 Å². The second-order valence-electron chi connectivity index (χ2n) is 11.9. The molecule has 320 valence electrons. The maximum absolute atomic E-state index is 11.5. The lowest BCUT2D eigenvalue weighted by Gasteiger charge is -2.19. The fourth-order valence-electron chi connectivity index (χ4n) is 5.40. The van der Waals surface area contributed by atoms with Gasteiger partial charge in [-0.2, -0.15) is 9.97 Å². The molecule has 2 aliphatic heterocycles. The number of methoxy groups -OCH3 is 1. The highest BCUT2D eigenvalue weighted by Gasteiger charge is 2.27. The molecule has 0 amide bonds. The summed E-state index contributed by atoms with van der Waals surface area (Å²) in [5.74, 6) is 0.264. The van der Waals surface area contributed by atoms with Crippen LogP contribution in [0.3, 0.4) is 0 Å². The minimum Gasteiger partial charge on any atom is -0.790 e. The summed E-state index contributed by atoms with van der Waals surface area (Å²) < 4.78 is 76.9. The summed E-state index contributed by atoms with van der Waals surface area (Å²) in [4.78, 5) is 101. The number of benzene rings is 2. The number of pyridine rings is 2. The van der Waals surface area contributed by atoms with Gasteiger partial charge in [0.2, 0.25) is 11.2 Å². The standard InChI is InChI=1S/C29H32ClN5O2.4H3O4P/c1-37-26-9-8-24-28(33-26)27(23-7-6-21(30)16-25(23)32-24)31-22-14-19(17-34-10-2-3-11-34)29(36)20(15-22)18-35-12-4-5-13-35;4*1-5(2,3)4/h6-9,14-16,36H,2-5,10-13,17-18H2,1H3,(H,31,32);4*(H3,1,2,3,4)/i17D2,18D2;;;;. The lowest BCUT2D eigenvalue weighted by Crippen LogP contribution is -3.08. The predicted molar refractivity (Wildman–Crippen MR) is 192 cm³/mol. The van der Waals surface area contributed by atoms with E-state index in [0.29, 0.717) is 42.8 Å². The average molecular weight is 914 g/mol. The van der Waals surface area contributed by atoms with E-state index in [4.69, 9.17) is 98.8 Å². The van der Waals surface area contributed by atoms with Crippen molar-refractivity contribution in [2.75, 3.05) is 33.3 Å². The number of aromatic nitrogens is 2. The van der Waals surface area contributed by atoms with Gasteiger partial charge >= 0.3 is 19.2 Å². The summed E-state index contributed by atoms with van der Waals surface area (Å²) >= 11 is 6.34. The van der Waals surface area contributed by atoms with Crippen molar-refractivity contribution in [2.45, 2.75) is 38.7 Å². The van der Waals surface area contributed by atoms with E-state index in [2.05, 4.69) is 9.97 Å². The number of rotatable bonds is 7. The SMILES string of the molecule is O=P(O)(O)O.O=P([O-])(O)O.O=P([O-])(O)O.O=P([O-])([O-])O.[2H]C([2H])(c1cc([NH2+]c2c3ccc(Cl)cc3[nH+]c3ccc(OC)[nH+]c23)cc(C([2H])([2H])[NH+]2CCCC2)c1O)N1CCCC1. The van der Waals surface area contributed by atoms with Gasteiger partial charge in [-0.15, -0.1) is 0 Å². The smallest absolute Gasteiger partial charge is 0.466 e. The number of aromatic amines is 2. The Morgan fingerprint density at radius 1 is 0.825 bits per heavy atom. The van der Waals surface area contributed by atoms with Gasteiger partial charge in [0.15, 0.2) is 0 Å². The molecule has 0 bridgehead atoms. The topological polar surface area (TPSA) is 404 Å². The number of likely N-dealkylation sites (tertiary alicyclic amines) is 2. The highest BCUT2D eigenvalue weighted by molar-refractivity contribution is 7.45. The minimum atomic E-state index is -5.14. The van der Waals surface area contributed by atoms with Crippen molar-refractivity contribution in [3.05, 3.63) is 58.6 Å². The van der Waals surface area contributed by atoms with Crippen molar-refractivity contribution in [3.63, 3.8) is 0 Å². The van der Waals surface area contributed by atoms with Crippen LogP contribution in [-0.4, -0.2) is 82.4 Å². The number of ether oxygens (including phenoxy) is 1. The van der Waals surface area contributed by atoms with E-state index in [1.165, 1.54) is 0 Å². The van der Waals surface area contributed by atoms with Gasteiger partial charge in [-0.05, 0) is 38.1 Å². The number of nitrogens with zero attached hydrogens (tertiary/aromatic N) is 1. The molecule has 23 nitrogen and oxygen atoms in total. The van der Waals surface area contributed by atoms with Crippen LogP contribution in [0.2, 0.25) is 5.02 Å². The summed E-state index contributed by atoms with van der Waals surface area (Å²) in [6.07, 6.45) is 3.61. The van der Waals surface area contributed by atoms with E-state index in [0.717, 1.165) is 58.2 Å². The third-order valence-corrected chi connectivity index (χ3v) is 7.53. The number of H-pyrrole nitrogens is 2. The van der Waals surface area contributed by atoms with Crippen molar-refractivity contribution in [1.82, 2.24) is 4.90 Å². The number of fused-ring (bicyclic) bond motifs is 2. The molecule has 2 fully saturated rings. The van der Waals surface area contributed by atoms with Crippen LogP contribution in [0.1, 0.15) is 42.3 Å². The number of nitrogens with one attached hydrogen (secondary N) is 3. The molecular formula is C29H44ClN5O18P4. The summed E-state index contributed by atoms with van der Waals surface area (Å²) in [6.45, 7) is -1.37. The zero-order valence-corrected chi connectivity index (χ0v) is 33.9. The Balaban J connectivity index is 0.000000534. The summed E-state index contributed by atoms with van der Waals surface area (Å²) in [5, 5.41) is 14.9. The molecule has 6 rings (SSSR count). The number of halogens is 1. The van der Waals surface area contributed by atoms with Crippen molar-refractivity contribution < 1.29 is 112 Å². The lowest BCUT2D eigenvalue weighted by molar-refractivity contribution is -0.901. The first-order valence-corrected chi connectivity index (χ1v) is 22.5. The van der Waals surface area contributed by atoms with Gasteiger partial charge in [0.25, 0.3) is 21.2 Å². The number of quaternary nitrogens is 2. The number of phenols is 1. The molecule has 0 spiro atoms. The fourth-order valence-corrected chi connectivity index (χ4v) is 5.57. The third-order valence-electron chi connectivity index (χ3n) is 7.30. The molecule has 2 aromatic heterocycles. The molecule has 2 aromatic carbocycles. The van der Waals surface area contributed by atoms with Gasteiger partial charge in [0.1, 0.15) is 23.3 Å². The molecule has 14 N–H and O–H groups in total. The number of phenolic OH excluding ortho intramolecular Hbond substituents is 1. The van der Waals surface area contributed by atoms with Crippen LogP contribution >= 0.6 is 42.9 Å². The molecule has 0 atom stereocenters. The predicted octanol–water partition coefficient (Wildman–Crippen LogP) is -3.95. The van der Waals surface area contributed by atoms with Crippen molar-refractivity contribution in [1.29, 1.82) is 0 Å². The minimum absolute atomic E-state index is 0.0892. The van der Waals surface area contributed by atoms with E-state index >= 15 is 0 Å². The number of hydrogen-bond acceptors (Lipinski definition) is 11. The Morgan fingerprint density at radius 2 is 1.33 bits per heavy atom. The fraction of sp³-hybridized carbons (Fsp3) is 0.379. The molecule has 28 heteroatoms. The monoisotopic (exact) mass is 913 g/mol. The zero-order valence-electron chi connectivity index (χ0n) is 33.6. The second-order valence-corrected chi connectivity index (χ2v) is 16.2. The second kappa shape index (κ2) is 22.2. The highest BCUT2D eigenvalue weighted by atomic mass is 35.5. The Hall–Kier alpha value is -2.53. The molecule has 0 radical (unpaired) electrons. The van der Waals surface area contributed by atoms with Crippen LogP contribution in [0, 0.1) is 0 Å². The van der Waals surface area contributed by atoms with Crippen LogP contribution in [0.5, 0.6) is 11.6 Å². The van der Waals surface area contributed by atoms with Gasteiger partial charge in [0.05, 0.1) is 42.4 Å². The van der Waals surface area contributed by atoms with E-state index in [9.17, 15) is 5.11 Å². The van der Waals surface area contributed by atoms with E-state index in [1.807, 2.05) is 35.6 Å². The highest BCUT2D eigenvalue weighted by Crippen LogP contribution is 2.31. The number of aromatic hydroxyl groups is 1. The Kier molecular flexibility index (Phi) is 17.1. The van der Waals surface area contributed by atoms with E-state index in [-0.39, 0.29) is 16.9 Å². The molecule has 57 heavy (non-hydrogen) atoms. The van der Waals surface area contributed by atoms with Gasteiger partial charge in [-0.1, -0.05) is 11.6 Å². The van der Waals surface area contributed by atoms with Gasteiger partial charge in [-0.25, -0.2) is 4.57 Å². The average Bonchev–Trinajstić information content (AvgIpc) is 3.82. The normalized spacial score (nSPS) is 16.6. The van der Waals surface area contributed by atoms with Gasteiger partial charge in [0, 0.05) is 56.9 Å². The lowest BCUT2D eigenvalue weighted by atomic mass is 10.0. The van der Waals surface area contributed by atoms with Crippen molar-refractivity contribution in [3.8, 4) is 11.6 Å². The first kappa shape index (κ1) is 44.0. The first-order chi connectivity index (χ1) is 27.6. The number of hydrogen-bond donors (Lipinski definition) is 11. The van der Waals surface area contributed by atoms with Crippen LogP contribution in [0.15, 0.2) is 42.5 Å². The molecule has 0 saturated carbocycles. The Labute approximate surface area is 335 Å². The molecule has 4 heterocycles. The van der Waals surface area contributed by atoms with Crippen LogP contribution in [0.4, 0.5) is 11.4 Å². The number of nitrogens with two attached hydrogens (primary N) is 1. The molecule has 2 saturated heterocycles. The third kappa shape index (κ3) is 22.4. The molecule has 0 aliphatic carbocycles. The Bertz CT molecular complexity index is 2160. The maximum Gasteiger partial charge on any atom is 0.466 e. The van der Waals surface area contributed by atoms with Crippen molar-refractivity contribution in [2.24, 2.45) is 0 Å². The molecule has 4 aromatic rings. The summed E-state index contributed by atoms with van der Waals surface area (Å²) in [6, 6.07) is 12.7. The first-order valence-electron chi connectivity index (χ1n) is 18.0. The van der Waals surface area contributed by atoms with E-state index in [1.54, 1.807) is 24.1 Å². The molecule has 2 aliphatic rings. The van der Waals surface area contributed by atoms with Crippen molar-refractivity contribution >= 4 is 76.2 Å². The van der Waals surface area contributed by atoms with Gasteiger partial charge in [-0.3, -0.25) is 19.3 Å². The van der Waals surface area contributed by atoms with Crippen LogP contribution < -0.4 is 44.5 Å².